The largest absolute Gasteiger partial charge is 0.338 e. The molecule has 2 N–H and O–H groups in total. The first-order chi connectivity index (χ1) is 8.59. The van der Waals surface area contributed by atoms with E-state index in [-0.39, 0.29) is 11.9 Å². The highest BCUT2D eigenvalue weighted by molar-refractivity contribution is 5.94. The van der Waals surface area contributed by atoms with Crippen LogP contribution < -0.4 is 10.6 Å². The van der Waals surface area contributed by atoms with E-state index in [1.54, 1.807) is 0 Å². The molecule has 2 rings (SSSR count). The lowest BCUT2D eigenvalue weighted by Gasteiger charge is -2.31. The van der Waals surface area contributed by atoms with E-state index < -0.39 is 0 Å². The summed E-state index contributed by atoms with van der Waals surface area (Å²) in [7, 11) is 0. The third-order valence-electron chi connectivity index (χ3n) is 3.47. The number of amides is 1. The zero-order valence-corrected chi connectivity index (χ0v) is 11.1. The van der Waals surface area contributed by atoms with Crippen LogP contribution in [0.3, 0.4) is 0 Å². The van der Waals surface area contributed by atoms with Crippen molar-refractivity contribution >= 4 is 11.8 Å². The van der Waals surface area contributed by atoms with Crippen molar-refractivity contribution in [3.63, 3.8) is 0 Å². The fraction of sp³-hybridized carbons (Fsp3) is 0.667. The molecular weight excluding hydrogens is 232 g/mol. The number of nitrogens with one attached hydrogen (secondary N) is 2. The maximum atomic E-state index is 12.1. The molecule has 1 atom stereocenters. The Kier molecular flexibility index (Phi) is 3.98. The van der Waals surface area contributed by atoms with Crippen molar-refractivity contribution in [3.8, 4) is 0 Å². The van der Waals surface area contributed by atoms with Gasteiger partial charge < -0.3 is 9.84 Å². The fourth-order valence-electron chi connectivity index (χ4n) is 1.98. The molecule has 6 heteroatoms. The molecule has 0 radical (unpaired) electrons. The second-order valence-corrected chi connectivity index (χ2v) is 4.67. The Morgan fingerprint density at radius 1 is 1.44 bits per heavy atom. The maximum Gasteiger partial charge on any atom is 0.243 e. The zero-order chi connectivity index (χ0) is 13.1. The minimum atomic E-state index is -0.156. The summed E-state index contributed by atoms with van der Waals surface area (Å²) in [6.45, 7) is 9.30. The van der Waals surface area contributed by atoms with Crippen LogP contribution in [0.2, 0.25) is 0 Å². The molecule has 2 heterocycles. The van der Waals surface area contributed by atoms with E-state index in [1.165, 1.54) is 0 Å². The van der Waals surface area contributed by atoms with Gasteiger partial charge in [0.05, 0.1) is 11.7 Å². The van der Waals surface area contributed by atoms with Gasteiger partial charge in [-0.1, -0.05) is 5.16 Å². The molecule has 18 heavy (non-hydrogen) atoms. The van der Waals surface area contributed by atoms with Crippen molar-refractivity contribution in [3.05, 3.63) is 11.3 Å². The van der Waals surface area contributed by atoms with Gasteiger partial charge in [-0.15, -0.1) is 0 Å². The van der Waals surface area contributed by atoms with Gasteiger partial charge in [0, 0.05) is 31.7 Å². The predicted molar refractivity (Wildman–Crippen MR) is 68.5 cm³/mol. The van der Waals surface area contributed by atoms with Crippen LogP contribution in [0.1, 0.15) is 18.2 Å². The first-order valence-electron chi connectivity index (χ1n) is 6.28. The Labute approximate surface area is 107 Å². The van der Waals surface area contributed by atoms with E-state index in [0.29, 0.717) is 5.88 Å². The van der Waals surface area contributed by atoms with E-state index in [2.05, 4.69) is 20.7 Å². The van der Waals surface area contributed by atoms with Crippen LogP contribution >= 0.6 is 0 Å². The number of aromatic nitrogens is 1. The zero-order valence-electron chi connectivity index (χ0n) is 11.1. The quantitative estimate of drug-likeness (QED) is 0.821. The third kappa shape index (κ3) is 2.70. The molecule has 0 aromatic carbocycles. The van der Waals surface area contributed by atoms with Crippen LogP contribution in [0.15, 0.2) is 4.52 Å². The monoisotopic (exact) mass is 252 g/mol. The molecule has 100 valence electrons. The Morgan fingerprint density at radius 2 is 2.11 bits per heavy atom. The topological polar surface area (TPSA) is 70.4 Å². The highest BCUT2D eigenvalue weighted by Gasteiger charge is 2.24. The highest BCUT2D eigenvalue weighted by Crippen LogP contribution is 2.18. The molecule has 6 nitrogen and oxygen atoms in total. The SMILES string of the molecule is Cc1noc(NC(=O)C(C)N2CCNCC2)c1C. The number of piperazine rings is 1. The van der Waals surface area contributed by atoms with Crippen molar-refractivity contribution in [2.45, 2.75) is 26.8 Å². The predicted octanol–water partition coefficient (Wildman–Crippen LogP) is 0.524. The Hall–Kier alpha value is -1.40. The molecule has 1 aliphatic rings. The Balaban J connectivity index is 1.96. The van der Waals surface area contributed by atoms with Crippen LogP contribution in [-0.4, -0.2) is 48.2 Å². The van der Waals surface area contributed by atoms with Crippen LogP contribution in [0.25, 0.3) is 0 Å². The van der Waals surface area contributed by atoms with Crippen molar-refractivity contribution in [2.75, 3.05) is 31.5 Å². The summed E-state index contributed by atoms with van der Waals surface area (Å²) < 4.78 is 5.09. The molecule has 1 amide bonds. The number of anilines is 1. The third-order valence-corrected chi connectivity index (χ3v) is 3.47. The molecule has 1 aromatic rings. The average Bonchev–Trinajstić information content (AvgIpc) is 2.71. The van der Waals surface area contributed by atoms with E-state index >= 15 is 0 Å². The van der Waals surface area contributed by atoms with Crippen LogP contribution in [-0.2, 0) is 4.79 Å². The van der Waals surface area contributed by atoms with Crippen molar-refractivity contribution < 1.29 is 9.32 Å². The lowest BCUT2D eigenvalue weighted by atomic mass is 10.2. The standard InChI is InChI=1S/C12H20N4O2/c1-8-9(2)15-18-12(8)14-11(17)10(3)16-6-4-13-5-7-16/h10,13H,4-7H2,1-3H3,(H,14,17). The minimum Gasteiger partial charge on any atom is -0.338 e. The number of carbonyl (C=O) groups is 1. The van der Waals surface area contributed by atoms with Crippen LogP contribution in [0, 0.1) is 13.8 Å². The molecule has 1 aliphatic heterocycles. The Bertz CT molecular complexity index is 424. The number of carbonyl (C=O) groups excluding carboxylic acids is 1. The summed E-state index contributed by atoms with van der Waals surface area (Å²) in [5, 5.41) is 9.89. The summed E-state index contributed by atoms with van der Waals surface area (Å²) in [5.41, 5.74) is 1.69. The first kappa shape index (κ1) is 13.0. The van der Waals surface area contributed by atoms with Gasteiger partial charge in [0.25, 0.3) is 0 Å². The second-order valence-electron chi connectivity index (χ2n) is 4.67. The smallest absolute Gasteiger partial charge is 0.243 e. The molecular formula is C12H20N4O2. The molecule has 1 aromatic heterocycles. The van der Waals surface area contributed by atoms with Gasteiger partial charge >= 0.3 is 0 Å². The fourth-order valence-corrected chi connectivity index (χ4v) is 1.98. The van der Waals surface area contributed by atoms with Crippen LogP contribution in [0.5, 0.6) is 0 Å². The average molecular weight is 252 g/mol. The minimum absolute atomic E-state index is 0.0452. The number of hydrogen-bond acceptors (Lipinski definition) is 5. The highest BCUT2D eigenvalue weighted by atomic mass is 16.5. The van der Waals surface area contributed by atoms with Gasteiger partial charge in [0.15, 0.2) is 0 Å². The van der Waals surface area contributed by atoms with Gasteiger partial charge in [-0.05, 0) is 20.8 Å². The lowest BCUT2D eigenvalue weighted by molar-refractivity contribution is -0.121. The van der Waals surface area contributed by atoms with E-state index in [4.69, 9.17) is 4.52 Å². The number of hydrogen-bond donors (Lipinski definition) is 2. The van der Waals surface area contributed by atoms with E-state index in [9.17, 15) is 4.79 Å². The molecule has 0 spiro atoms. The molecule has 0 bridgehead atoms. The summed E-state index contributed by atoms with van der Waals surface area (Å²) in [4.78, 5) is 14.3. The summed E-state index contributed by atoms with van der Waals surface area (Å²) in [5.74, 6) is 0.413. The normalized spacial score (nSPS) is 18.6. The van der Waals surface area contributed by atoms with Gasteiger partial charge in [0.2, 0.25) is 11.8 Å². The summed E-state index contributed by atoms with van der Waals surface area (Å²) >= 11 is 0. The van der Waals surface area contributed by atoms with Gasteiger partial charge in [0.1, 0.15) is 0 Å². The summed E-state index contributed by atoms with van der Waals surface area (Å²) in [6.07, 6.45) is 0. The van der Waals surface area contributed by atoms with Crippen molar-refractivity contribution in [1.29, 1.82) is 0 Å². The molecule has 0 aliphatic carbocycles. The molecule has 0 saturated carbocycles. The second kappa shape index (κ2) is 5.49. The van der Waals surface area contributed by atoms with Gasteiger partial charge in [-0.3, -0.25) is 15.0 Å². The number of rotatable bonds is 3. The molecule has 1 unspecified atom stereocenters. The molecule has 1 fully saturated rings. The number of aryl methyl sites for hydroxylation is 1. The maximum absolute atomic E-state index is 12.1. The van der Waals surface area contributed by atoms with Crippen molar-refractivity contribution in [1.82, 2.24) is 15.4 Å². The lowest BCUT2D eigenvalue weighted by Crippen LogP contribution is -2.51. The van der Waals surface area contributed by atoms with Gasteiger partial charge in [-0.2, -0.15) is 0 Å². The van der Waals surface area contributed by atoms with Crippen molar-refractivity contribution in [2.24, 2.45) is 0 Å². The first-order valence-corrected chi connectivity index (χ1v) is 6.28. The van der Waals surface area contributed by atoms with E-state index in [1.807, 2.05) is 20.8 Å². The molecule has 1 saturated heterocycles. The summed E-state index contributed by atoms with van der Waals surface area (Å²) in [6, 6.07) is -0.156. The Morgan fingerprint density at radius 3 is 2.67 bits per heavy atom. The van der Waals surface area contributed by atoms with Crippen LogP contribution in [0.4, 0.5) is 5.88 Å². The van der Waals surface area contributed by atoms with Gasteiger partial charge in [-0.25, -0.2) is 0 Å². The van der Waals surface area contributed by atoms with E-state index in [0.717, 1.165) is 37.4 Å². The number of nitrogens with zero attached hydrogens (tertiary/aromatic N) is 2.